The summed E-state index contributed by atoms with van der Waals surface area (Å²) in [6, 6.07) is 13.5. The number of carbonyl (C=O) groups excluding carboxylic acids is 1. The Morgan fingerprint density at radius 1 is 1.04 bits per heavy atom. The normalized spacial score (nSPS) is 14.2. The molecule has 12 nitrogen and oxygen atoms in total. The van der Waals surface area contributed by atoms with Crippen LogP contribution in [0.5, 0.6) is 11.5 Å². The van der Waals surface area contributed by atoms with Gasteiger partial charge in [0.25, 0.3) is 0 Å². The van der Waals surface area contributed by atoms with E-state index < -0.39 is 21.9 Å². The summed E-state index contributed by atoms with van der Waals surface area (Å²) in [7, 11) is -3.83. The fourth-order valence-electron chi connectivity index (χ4n) is 5.31. The zero-order valence-electron chi connectivity index (χ0n) is 28.5. The van der Waals surface area contributed by atoms with Gasteiger partial charge < -0.3 is 14.8 Å². The number of amides is 2. The third-order valence-electron chi connectivity index (χ3n) is 8.05. The van der Waals surface area contributed by atoms with Crippen molar-refractivity contribution in [2.24, 2.45) is 0 Å². The molecule has 0 aliphatic carbocycles. The van der Waals surface area contributed by atoms with E-state index in [9.17, 15) is 13.2 Å². The van der Waals surface area contributed by atoms with E-state index >= 15 is 4.39 Å². The van der Waals surface area contributed by atoms with Gasteiger partial charge in [0.15, 0.2) is 0 Å². The van der Waals surface area contributed by atoms with Crippen LogP contribution in [0.2, 0.25) is 0 Å². The standard InChI is InChI=1S/C35H43FN7O5S/c1-7-42(15-14-41-16-18-47-19-17-41)49(45,46)31-11-8-26(20-24(31)2)43-33(23-32(40-43)35(4,5)6)39-34(44)38-30-10-9-27(22-29(30)36)48-28-12-13-37-25(3)21-28/h8-13,20-23H,1,7,14-19H2,2-6H3,(H2,38,39,44). The van der Waals surface area contributed by atoms with Crippen LogP contribution in [0.15, 0.2) is 65.7 Å². The molecule has 0 saturated carbocycles. The molecule has 0 unspecified atom stereocenters. The number of hydrogen-bond donors (Lipinski definition) is 2. The smallest absolute Gasteiger partial charge is 0.324 e. The average Bonchev–Trinajstić information content (AvgIpc) is 3.47. The average molecular weight is 693 g/mol. The second-order valence-electron chi connectivity index (χ2n) is 12.8. The van der Waals surface area contributed by atoms with Crippen LogP contribution in [-0.2, 0) is 20.2 Å². The maximum atomic E-state index is 15.0. The van der Waals surface area contributed by atoms with Gasteiger partial charge in [0.05, 0.1) is 35.2 Å². The van der Waals surface area contributed by atoms with Gasteiger partial charge in [-0.3, -0.25) is 15.2 Å². The van der Waals surface area contributed by atoms with Crippen LogP contribution in [0.1, 0.15) is 37.7 Å². The number of anilines is 2. The topological polar surface area (TPSA) is 131 Å². The van der Waals surface area contributed by atoms with E-state index in [1.165, 1.54) is 21.1 Å². The van der Waals surface area contributed by atoms with Crippen LogP contribution in [-0.4, -0.2) is 84.4 Å². The quantitative estimate of drug-likeness (QED) is 0.198. The number of nitrogens with one attached hydrogen (secondary N) is 2. The molecule has 261 valence electrons. The summed E-state index contributed by atoms with van der Waals surface area (Å²) in [6.45, 7) is 17.1. The Labute approximate surface area is 287 Å². The number of halogens is 1. The number of carbonyl (C=O) groups is 1. The molecule has 49 heavy (non-hydrogen) atoms. The molecule has 2 aromatic carbocycles. The minimum atomic E-state index is -3.83. The van der Waals surface area contributed by atoms with Crippen molar-refractivity contribution in [2.45, 2.75) is 44.9 Å². The minimum Gasteiger partial charge on any atom is -0.457 e. The SMILES string of the molecule is [CH2]CN(CCN1CCOCC1)S(=O)(=O)c1ccc(-n2nc(C(C)(C)C)cc2NC(=O)Nc2ccc(Oc3ccnc(C)c3)cc2F)cc1C. The molecule has 3 heterocycles. The molecule has 2 aromatic heterocycles. The molecule has 0 bridgehead atoms. The number of urea groups is 1. The number of benzene rings is 2. The molecule has 1 aliphatic heterocycles. The van der Waals surface area contributed by atoms with Gasteiger partial charge in [-0.1, -0.05) is 20.8 Å². The summed E-state index contributed by atoms with van der Waals surface area (Å²) in [5.41, 5.74) is 2.07. The first-order chi connectivity index (χ1) is 23.2. The molecule has 1 radical (unpaired) electrons. The fourth-order valence-corrected chi connectivity index (χ4v) is 6.85. The minimum absolute atomic E-state index is 0.0492. The zero-order chi connectivity index (χ0) is 35.3. The first-order valence-corrected chi connectivity index (χ1v) is 17.5. The van der Waals surface area contributed by atoms with Gasteiger partial charge in [-0.05, 0) is 62.7 Å². The van der Waals surface area contributed by atoms with Crippen molar-refractivity contribution in [1.29, 1.82) is 0 Å². The summed E-state index contributed by atoms with van der Waals surface area (Å²) >= 11 is 0. The van der Waals surface area contributed by atoms with Crippen LogP contribution in [0.25, 0.3) is 5.69 Å². The second kappa shape index (κ2) is 15.0. The molecule has 2 N–H and O–H groups in total. The number of nitrogens with zero attached hydrogens (tertiary/aromatic N) is 5. The highest BCUT2D eigenvalue weighted by molar-refractivity contribution is 7.89. The Balaban J connectivity index is 1.34. The lowest BCUT2D eigenvalue weighted by Crippen LogP contribution is -2.43. The van der Waals surface area contributed by atoms with E-state index in [1.807, 2.05) is 27.7 Å². The monoisotopic (exact) mass is 692 g/mol. The Morgan fingerprint density at radius 3 is 2.43 bits per heavy atom. The summed E-state index contributed by atoms with van der Waals surface area (Å²) in [6.07, 6.45) is 1.60. The molecule has 1 aliphatic rings. The molecule has 0 spiro atoms. The van der Waals surface area contributed by atoms with E-state index in [1.54, 1.807) is 55.6 Å². The van der Waals surface area contributed by atoms with E-state index in [2.05, 4.69) is 27.4 Å². The first kappa shape index (κ1) is 35.9. The maximum absolute atomic E-state index is 15.0. The van der Waals surface area contributed by atoms with Crippen LogP contribution in [0.3, 0.4) is 0 Å². The summed E-state index contributed by atoms with van der Waals surface area (Å²) in [5.74, 6) is 0.405. The fraction of sp³-hybridized carbons (Fsp3) is 0.371. The van der Waals surface area contributed by atoms with Gasteiger partial charge in [0.1, 0.15) is 23.1 Å². The van der Waals surface area contributed by atoms with Crippen molar-refractivity contribution < 1.29 is 27.1 Å². The van der Waals surface area contributed by atoms with E-state index in [4.69, 9.17) is 14.6 Å². The van der Waals surface area contributed by atoms with Gasteiger partial charge >= 0.3 is 6.03 Å². The maximum Gasteiger partial charge on any atom is 0.324 e. The van der Waals surface area contributed by atoms with Gasteiger partial charge in [-0.25, -0.2) is 22.3 Å². The van der Waals surface area contributed by atoms with E-state index in [-0.39, 0.29) is 28.3 Å². The number of hydrogen-bond acceptors (Lipinski definition) is 8. The number of ether oxygens (including phenoxy) is 2. The lowest BCUT2D eigenvalue weighted by atomic mass is 9.92. The third-order valence-corrected chi connectivity index (χ3v) is 10.1. The number of sulfonamides is 1. The van der Waals surface area contributed by atoms with Gasteiger partial charge in [0, 0.05) is 68.2 Å². The molecule has 1 fully saturated rings. The Morgan fingerprint density at radius 2 is 1.78 bits per heavy atom. The van der Waals surface area contributed by atoms with Crippen molar-refractivity contribution in [3.8, 4) is 17.2 Å². The summed E-state index contributed by atoms with van der Waals surface area (Å²) in [5, 5.41) is 10.1. The Hall–Kier alpha value is -4.37. The lowest BCUT2D eigenvalue weighted by molar-refractivity contribution is 0.0365. The number of morpholine rings is 1. The van der Waals surface area contributed by atoms with Crippen LogP contribution in [0.4, 0.5) is 20.7 Å². The number of pyridine rings is 1. The Bertz CT molecular complexity index is 1900. The Kier molecular flexibility index (Phi) is 11.0. The van der Waals surface area contributed by atoms with Crippen molar-refractivity contribution in [3.05, 3.63) is 90.5 Å². The van der Waals surface area contributed by atoms with Crippen LogP contribution < -0.4 is 15.4 Å². The van der Waals surface area contributed by atoms with Crippen molar-refractivity contribution in [1.82, 2.24) is 24.0 Å². The highest BCUT2D eigenvalue weighted by atomic mass is 32.2. The first-order valence-electron chi connectivity index (χ1n) is 16.0. The van der Waals surface area contributed by atoms with Crippen LogP contribution >= 0.6 is 0 Å². The molecular formula is C35H43FN7O5S. The molecule has 0 atom stereocenters. The van der Waals surface area contributed by atoms with Crippen molar-refractivity contribution in [3.63, 3.8) is 0 Å². The molecular weight excluding hydrogens is 649 g/mol. The summed E-state index contributed by atoms with van der Waals surface area (Å²) < 4.78 is 56.4. The molecule has 1 saturated heterocycles. The van der Waals surface area contributed by atoms with Crippen LogP contribution in [0, 0.1) is 26.6 Å². The summed E-state index contributed by atoms with van der Waals surface area (Å²) in [4.78, 5) is 19.6. The zero-order valence-corrected chi connectivity index (χ0v) is 29.3. The van der Waals surface area contributed by atoms with Gasteiger partial charge in [-0.15, -0.1) is 0 Å². The number of rotatable bonds is 11. The highest BCUT2D eigenvalue weighted by Crippen LogP contribution is 2.30. The van der Waals surface area contributed by atoms with E-state index in [0.29, 0.717) is 54.8 Å². The van der Waals surface area contributed by atoms with Gasteiger partial charge in [0.2, 0.25) is 10.0 Å². The molecule has 4 aromatic rings. The van der Waals surface area contributed by atoms with E-state index in [0.717, 1.165) is 18.8 Å². The van der Waals surface area contributed by atoms with Crippen molar-refractivity contribution >= 4 is 27.6 Å². The third kappa shape index (κ3) is 8.81. The number of aryl methyl sites for hydroxylation is 2. The predicted molar refractivity (Wildman–Crippen MR) is 186 cm³/mol. The van der Waals surface area contributed by atoms with Crippen molar-refractivity contribution in [2.75, 3.05) is 56.6 Å². The van der Waals surface area contributed by atoms with Gasteiger partial charge in [-0.2, -0.15) is 9.40 Å². The molecule has 2 amide bonds. The second-order valence-corrected chi connectivity index (χ2v) is 14.7. The largest absolute Gasteiger partial charge is 0.457 e. The lowest BCUT2D eigenvalue weighted by Gasteiger charge is -2.29. The highest BCUT2D eigenvalue weighted by Gasteiger charge is 2.27. The molecule has 14 heteroatoms. The predicted octanol–water partition coefficient (Wildman–Crippen LogP) is 5.91. The number of aromatic nitrogens is 3. The molecule has 5 rings (SSSR count).